The Kier molecular flexibility index (Phi) is 10.5. The molecule has 26 heavy (non-hydrogen) atoms. The minimum atomic E-state index is -0.305. The van der Waals surface area contributed by atoms with Crippen molar-refractivity contribution in [3.63, 3.8) is 0 Å². The third kappa shape index (κ3) is 6.39. The predicted octanol–water partition coefficient (Wildman–Crippen LogP) is 2.19. The fourth-order valence-corrected chi connectivity index (χ4v) is 3.66. The molecular weight excluding hydrogens is 373 g/mol. The van der Waals surface area contributed by atoms with Crippen LogP contribution in [0.25, 0.3) is 0 Å². The zero-order valence-corrected chi connectivity index (χ0v) is 17.1. The molecule has 2 heterocycles. The van der Waals surface area contributed by atoms with E-state index in [4.69, 9.17) is 4.74 Å². The second-order valence-corrected chi connectivity index (χ2v) is 6.82. The lowest BCUT2D eigenvalue weighted by molar-refractivity contribution is -0.145. The van der Waals surface area contributed by atoms with Gasteiger partial charge in [-0.25, -0.2) is 0 Å². The predicted molar refractivity (Wildman–Crippen MR) is 109 cm³/mol. The molecule has 0 bridgehead atoms. The normalized spacial score (nSPS) is 23.0. The van der Waals surface area contributed by atoms with Crippen molar-refractivity contribution in [3.05, 3.63) is 35.9 Å². The second kappa shape index (κ2) is 11.8. The van der Waals surface area contributed by atoms with Crippen LogP contribution < -0.4 is 5.32 Å². The van der Waals surface area contributed by atoms with E-state index >= 15 is 0 Å². The lowest BCUT2D eigenvalue weighted by Crippen LogP contribution is -2.50. The molecule has 1 amide bonds. The standard InChI is InChI=1S/C19H29N3O2.2ClH/c1-2-22(19(23)18-12-20-9-11-24-18)15-17-8-10-21(14-17)13-16-6-4-3-5-7-16;;/h3-7,17-18,20H,2,8-15H2,1H3;2*1H. The average Bonchev–Trinajstić information content (AvgIpc) is 3.07. The maximum absolute atomic E-state index is 12.6. The van der Waals surface area contributed by atoms with Gasteiger partial charge in [0.1, 0.15) is 6.10 Å². The molecule has 5 nitrogen and oxygen atoms in total. The van der Waals surface area contributed by atoms with Crippen LogP contribution in [0.2, 0.25) is 0 Å². The maximum Gasteiger partial charge on any atom is 0.253 e. The van der Waals surface area contributed by atoms with Crippen LogP contribution in [0.4, 0.5) is 0 Å². The minimum Gasteiger partial charge on any atom is -0.366 e. The molecule has 1 N–H and O–H groups in total. The maximum atomic E-state index is 12.6. The summed E-state index contributed by atoms with van der Waals surface area (Å²) in [4.78, 5) is 17.1. The molecule has 0 saturated carbocycles. The van der Waals surface area contributed by atoms with Gasteiger partial charge in [-0.15, -0.1) is 24.8 Å². The first kappa shape index (κ1) is 23.2. The number of hydrogen-bond donors (Lipinski definition) is 1. The molecule has 7 heteroatoms. The summed E-state index contributed by atoms with van der Waals surface area (Å²) in [5, 5.41) is 3.24. The lowest BCUT2D eigenvalue weighted by atomic mass is 10.1. The van der Waals surface area contributed by atoms with E-state index in [0.29, 0.717) is 19.1 Å². The molecule has 0 radical (unpaired) electrons. The summed E-state index contributed by atoms with van der Waals surface area (Å²) in [6.07, 6.45) is 0.862. The Morgan fingerprint density at radius 1 is 1.31 bits per heavy atom. The molecule has 0 aromatic heterocycles. The highest BCUT2D eigenvalue weighted by molar-refractivity contribution is 5.85. The highest BCUT2D eigenvalue weighted by Crippen LogP contribution is 2.20. The molecule has 148 valence electrons. The van der Waals surface area contributed by atoms with E-state index in [1.807, 2.05) is 4.90 Å². The number of amides is 1. The average molecular weight is 404 g/mol. The Hall–Kier alpha value is -0.850. The molecule has 1 aromatic rings. The second-order valence-electron chi connectivity index (χ2n) is 6.82. The third-order valence-electron chi connectivity index (χ3n) is 4.99. The Bertz CT molecular complexity index is 527. The molecule has 2 atom stereocenters. The van der Waals surface area contributed by atoms with Gasteiger partial charge >= 0.3 is 0 Å². The number of carbonyl (C=O) groups is 1. The number of likely N-dealkylation sites (tertiary alicyclic amines) is 1. The van der Waals surface area contributed by atoms with Gasteiger partial charge in [-0.1, -0.05) is 30.3 Å². The van der Waals surface area contributed by atoms with Gasteiger partial charge in [0.05, 0.1) is 6.61 Å². The number of likely N-dealkylation sites (N-methyl/N-ethyl adjacent to an activating group) is 1. The number of halogens is 2. The number of rotatable bonds is 6. The van der Waals surface area contributed by atoms with Crippen molar-refractivity contribution in [2.45, 2.75) is 26.0 Å². The number of benzene rings is 1. The first-order chi connectivity index (χ1) is 11.8. The smallest absolute Gasteiger partial charge is 0.253 e. The van der Waals surface area contributed by atoms with Gasteiger partial charge in [0, 0.05) is 39.3 Å². The van der Waals surface area contributed by atoms with Crippen LogP contribution in [-0.2, 0) is 16.1 Å². The number of morpholine rings is 1. The van der Waals surface area contributed by atoms with Gasteiger partial charge in [-0.05, 0) is 31.4 Å². The summed E-state index contributed by atoms with van der Waals surface area (Å²) in [5.41, 5.74) is 1.36. The van der Waals surface area contributed by atoms with Gasteiger partial charge in [0.2, 0.25) is 0 Å². The van der Waals surface area contributed by atoms with Crippen LogP contribution in [-0.4, -0.2) is 67.7 Å². The zero-order chi connectivity index (χ0) is 16.8. The number of nitrogens with one attached hydrogen (secondary N) is 1. The molecule has 3 rings (SSSR count). The fourth-order valence-electron chi connectivity index (χ4n) is 3.66. The number of carbonyl (C=O) groups excluding carboxylic acids is 1. The fraction of sp³-hybridized carbons (Fsp3) is 0.632. The van der Waals surface area contributed by atoms with E-state index in [0.717, 1.165) is 39.3 Å². The summed E-state index contributed by atoms with van der Waals surface area (Å²) in [5.74, 6) is 0.709. The molecule has 0 spiro atoms. The van der Waals surface area contributed by atoms with E-state index in [-0.39, 0.29) is 36.8 Å². The van der Waals surface area contributed by atoms with Gasteiger partial charge in [0.15, 0.2) is 0 Å². The molecule has 2 aliphatic rings. The van der Waals surface area contributed by atoms with Crippen LogP contribution in [0.15, 0.2) is 30.3 Å². The van der Waals surface area contributed by atoms with E-state index in [1.165, 1.54) is 12.0 Å². The number of nitrogens with zero attached hydrogens (tertiary/aromatic N) is 2. The number of ether oxygens (including phenoxy) is 1. The van der Waals surface area contributed by atoms with Crippen LogP contribution >= 0.6 is 24.8 Å². The van der Waals surface area contributed by atoms with E-state index in [9.17, 15) is 4.79 Å². The van der Waals surface area contributed by atoms with Gasteiger partial charge in [-0.2, -0.15) is 0 Å². The highest BCUT2D eigenvalue weighted by Gasteiger charge is 2.30. The Morgan fingerprint density at radius 2 is 2.08 bits per heavy atom. The van der Waals surface area contributed by atoms with Crippen molar-refractivity contribution in [2.24, 2.45) is 5.92 Å². The van der Waals surface area contributed by atoms with Crippen molar-refractivity contribution in [1.82, 2.24) is 15.1 Å². The third-order valence-corrected chi connectivity index (χ3v) is 4.99. The Labute approximate surface area is 169 Å². The van der Waals surface area contributed by atoms with Gasteiger partial charge in [0.25, 0.3) is 5.91 Å². The quantitative estimate of drug-likeness (QED) is 0.790. The first-order valence-electron chi connectivity index (χ1n) is 9.13. The molecule has 2 aliphatic heterocycles. The number of hydrogen-bond acceptors (Lipinski definition) is 4. The summed E-state index contributed by atoms with van der Waals surface area (Å²) < 4.78 is 5.62. The molecule has 1 aromatic carbocycles. The largest absolute Gasteiger partial charge is 0.366 e. The Balaban J connectivity index is 0.00000169. The van der Waals surface area contributed by atoms with Crippen molar-refractivity contribution in [2.75, 3.05) is 45.9 Å². The van der Waals surface area contributed by atoms with E-state index < -0.39 is 0 Å². The summed E-state index contributed by atoms with van der Waals surface area (Å²) >= 11 is 0. The SMILES string of the molecule is CCN(CC1CCN(Cc2ccccc2)C1)C(=O)C1CNCCO1.Cl.Cl. The van der Waals surface area contributed by atoms with Crippen LogP contribution in [0.1, 0.15) is 18.9 Å². The molecule has 2 fully saturated rings. The van der Waals surface area contributed by atoms with Crippen molar-refractivity contribution >= 4 is 30.7 Å². The van der Waals surface area contributed by atoms with E-state index in [1.54, 1.807) is 0 Å². The monoisotopic (exact) mass is 403 g/mol. The van der Waals surface area contributed by atoms with Crippen LogP contribution in [0, 0.1) is 5.92 Å². The minimum absolute atomic E-state index is 0. The molecule has 2 unspecified atom stereocenters. The Morgan fingerprint density at radius 3 is 2.73 bits per heavy atom. The molecule has 0 aliphatic carbocycles. The molecular formula is C19H31Cl2N3O2. The van der Waals surface area contributed by atoms with Crippen LogP contribution in [0.5, 0.6) is 0 Å². The van der Waals surface area contributed by atoms with E-state index in [2.05, 4.69) is 47.5 Å². The van der Waals surface area contributed by atoms with Crippen LogP contribution in [0.3, 0.4) is 0 Å². The summed E-state index contributed by atoms with van der Waals surface area (Å²) in [7, 11) is 0. The first-order valence-corrected chi connectivity index (χ1v) is 9.13. The molecule has 2 saturated heterocycles. The van der Waals surface area contributed by atoms with Crippen molar-refractivity contribution in [3.8, 4) is 0 Å². The topological polar surface area (TPSA) is 44.8 Å². The zero-order valence-electron chi connectivity index (χ0n) is 15.4. The van der Waals surface area contributed by atoms with Crippen molar-refractivity contribution < 1.29 is 9.53 Å². The lowest BCUT2D eigenvalue weighted by Gasteiger charge is -2.30. The summed E-state index contributed by atoms with van der Waals surface area (Å²) in [6, 6.07) is 10.6. The highest BCUT2D eigenvalue weighted by atomic mass is 35.5. The summed E-state index contributed by atoms with van der Waals surface area (Å²) in [6.45, 7) is 8.97. The van der Waals surface area contributed by atoms with Gasteiger partial charge in [-0.3, -0.25) is 9.69 Å². The van der Waals surface area contributed by atoms with Crippen molar-refractivity contribution in [1.29, 1.82) is 0 Å². The van der Waals surface area contributed by atoms with Gasteiger partial charge < -0.3 is 15.0 Å².